The smallest absolute Gasteiger partial charge is 0.119 e. The second kappa shape index (κ2) is 6.03. The topological polar surface area (TPSA) is 38.7 Å². The van der Waals surface area contributed by atoms with Crippen molar-refractivity contribution in [1.82, 2.24) is 0 Å². The Kier molecular flexibility index (Phi) is 4.40. The van der Waals surface area contributed by atoms with E-state index < -0.39 is 0 Å². The molecule has 1 aromatic carbocycles. The average Bonchev–Trinajstić information content (AvgIpc) is 2.89. The van der Waals surface area contributed by atoms with Gasteiger partial charge in [0.05, 0.1) is 19.3 Å². The van der Waals surface area contributed by atoms with E-state index in [1.54, 1.807) is 0 Å². The standard InChI is InChI=1S/C14H20O3/c1-2-14(15)12-3-5-13(6-4-12)17-10-11-7-8-16-9-11/h3-6,11,14-15H,2,7-10H2,1H3/t11?,14-/m1/s1. The van der Waals surface area contributed by atoms with Crippen molar-refractivity contribution >= 4 is 0 Å². The number of ether oxygens (including phenoxy) is 2. The third-order valence-corrected chi connectivity index (χ3v) is 3.16. The number of aliphatic hydroxyl groups excluding tert-OH is 1. The van der Waals surface area contributed by atoms with E-state index >= 15 is 0 Å². The molecule has 1 heterocycles. The largest absolute Gasteiger partial charge is 0.493 e. The molecule has 1 fully saturated rings. The number of hydrogen-bond donors (Lipinski definition) is 1. The van der Waals surface area contributed by atoms with Gasteiger partial charge < -0.3 is 14.6 Å². The van der Waals surface area contributed by atoms with Gasteiger partial charge in [0.25, 0.3) is 0 Å². The van der Waals surface area contributed by atoms with Gasteiger partial charge in [-0.2, -0.15) is 0 Å². The van der Waals surface area contributed by atoms with Gasteiger partial charge in [-0.05, 0) is 30.5 Å². The van der Waals surface area contributed by atoms with Crippen LogP contribution in [0.1, 0.15) is 31.4 Å². The molecule has 1 saturated heterocycles. The van der Waals surface area contributed by atoms with E-state index in [0.717, 1.165) is 44.0 Å². The van der Waals surface area contributed by atoms with E-state index in [1.165, 1.54) is 0 Å². The minimum Gasteiger partial charge on any atom is -0.493 e. The van der Waals surface area contributed by atoms with Crippen molar-refractivity contribution in [3.63, 3.8) is 0 Å². The summed E-state index contributed by atoms with van der Waals surface area (Å²) in [7, 11) is 0. The van der Waals surface area contributed by atoms with E-state index in [2.05, 4.69) is 0 Å². The van der Waals surface area contributed by atoms with E-state index in [-0.39, 0.29) is 6.10 Å². The quantitative estimate of drug-likeness (QED) is 0.854. The molecule has 17 heavy (non-hydrogen) atoms. The molecule has 0 aromatic heterocycles. The van der Waals surface area contributed by atoms with Gasteiger partial charge in [0.15, 0.2) is 0 Å². The zero-order valence-electron chi connectivity index (χ0n) is 10.3. The van der Waals surface area contributed by atoms with Crippen molar-refractivity contribution in [1.29, 1.82) is 0 Å². The fourth-order valence-electron chi connectivity index (χ4n) is 1.95. The molecular formula is C14H20O3. The highest BCUT2D eigenvalue weighted by Crippen LogP contribution is 2.21. The van der Waals surface area contributed by atoms with Crippen LogP contribution in [-0.4, -0.2) is 24.9 Å². The van der Waals surface area contributed by atoms with Gasteiger partial charge in [-0.1, -0.05) is 19.1 Å². The van der Waals surface area contributed by atoms with Crippen LogP contribution in [0.3, 0.4) is 0 Å². The number of hydrogen-bond acceptors (Lipinski definition) is 3. The molecule has 0 spiro atoms. The second-order valence-corrected chi connectivity index (χ2v) is 4.53. The van der Waals surface area contributed by atoms with Gasteiger partial charge >= 0.3 is 0 Å². The third-order valence-electron chi connectivity index (χ3n) is 3.16. The van der Waals surface area contributed by atoms with Gasteiger partial charge in [0, 0.05) is 12.5 Å². The molecule has 3 nitrogen and oxygen atoms in total. The normalized spacial score (nSPS) is 21.4. The highest BCUT2D eigenvalue weighted by molar-refractivity contribution is 5.28. The summed E-state index contributed by atoms with van der Waals surface area (Å²) >= 11 is 0. The maximum atomic E-state index is 9.67. The van der Waals surface area contributed by atoms with Crippen molar-refractivity contribution in [3.05, 3.63) is 29.8 Å². The first kappa shape index (κ1) is 12.4. The molecule has 1 N–H and O–H groups in total. The Balaban J connectivity index is 1.84. The first-order valence-electron chi connectivity index (χ1n) is 6.28. The minimum absolute atomic E-state index is 0.368. The van der Waals surface area contributed by atoms with E-state index in [0.29, 0.717) is 5.92 Å². The molecule has 0 radical (unpaired) electrons. The molecule has 1 aliphatic rings. The molecule has 1 aliphatic heterocycles. The lowest BCUT2D eigenvalue weighted by Gasteiger charge is -2.12. The fraction of sp³-hybridized carbons (Fsp3) is 0.571. The Morgan fingerprint density at radius 3 is 2.76 bits per heavy atom. The molecule has 0 bridgehead atoms. The zero-order chi connectivity index (χ0) is 12.1. The molecule has 94 valence electrons. The van der Waals surface area contributed by atoms with Crippen LogP contribution in [0, 0.1) is 5.92 Å². The van der Waals surface area contributed by atoms with Gasteiger partial charge in [-0.3, -0.25) is 0 Å². The highest BCUT2D eigenvalue weighted by Gasteiger charge is 2.16. The molecule has 2 rings (SSSR count). The molecule has 0 aliphatic carbocycles. The summed E-state index contributed by atoms with van der Waals surface area (Å²) < 4.78 is 11.0. The van der Waals surface area contributed by atoms with Crippen molar-refractivity contribution in [2.24, 2.45) is 5.92 Å². The van der Waals surface area contributed by atoms with Crippen LogP contribution < -0.4 is 4.74 Å². The summed E-state index contributed by atoms with van der Waals surface area (Å²) in [5.41, 5.74) is 0.948. The predicted molar refractivity (Wildman–Crippen MR) is 66.1 cm³/mol. The first-order valence-corrected chi connectivity index (χ1v) is 6.28. The summed E-state index contributed by atoms with van der Waals surface area (Å²) in [5, 5.41) is 9.67. The van der Waals surface area contributed by atoms with Gasteiger partial charge in [0.1, 0.15) is 5.75 Å². The van der Waals surface area contributed by atoms with Crippen molar-refractivity contribution in [3.8, 4) is 5.75 Å². The Bertz CT molecular complexity index is 328. The lowest BCUT2D eigenvalue weighted by molar-refractivity contribution is 0.166. The van der Waals surface area contributed by atoms with Crippen LogP contribution >= 0.6 is 0 Å². The average molecular weight is 236 g/mol. The molecular weight excluding hydrogens is 216 g/mol. The van der Waals surface area contributed by atoms with Gasteiger partial charge in [0.2, 0.25) is 0 Å². The Morgan fingerprint density at radius 1 is 1.41 bits per heavy atom. The predicted octanol–water partition coefficient (Wildman–Crippen LogP) is 2.55. The van der Waals surface area contributed by atoms with E-state index in [4.69, 9.17) is 9.47 Å². The lowest BCUT2D eigenvalue weighted by atomic mass is 10.1. The van der Waals surface area contributed by atoms with E-state index in [1.807, 2.05) is 31.2 Å². The zero-order valence-corrected chi connectivity index (χ0v) is 10.3. The van der Waals surface area contributed by atoms with Gasteiger partial charge in [-0.25, -0.2) is 0 Å². The van der Waals surface area contributed by atoms with Crippen LogP contribution in [-0.2, 0) is 4.74 Å². The first-order chi connectivity index (χ1) is 8.29. The Morgan fingerprint density at radius 2 is 2.18 bits per heavy atom. The van der Waals surface area contributed by atoms with Crippen LogP contribution in [0.5, 0.6) is 5.75 Å². The minimum atomic E-state index is -0.368. The molecule has 1 unspecified atom stereocenters. The summed E-state index contributed by atoms with van der Waals surface area (Å²) in [6, 6.07) is 7.69. The summed E-state index contributed by atoms with van der Waals surface area (Å²) in [6.07, 6.45) is 1.46. The maximum absolute atomic E-state index is 9.67. The summed E-state index contributed by atoms with van der Waals surface area (Å²) in [6.45, 7) is 4.35. The monoisotopic (exact) mass is 236 g/mol. The molecule has 2 atom stereocenters. The SMILES string of the molecule is CC[C@@H](O)c1ccc(OCC2CCOC2)cc1. The molecule has 3 heteroatoms. The van der Waals surface area contributed by atoms with Crippen LogP contribution in [0.15, 0.2) is 24.3 Å². The molecule has 0 saturated carbocycles. The number of aliphatic hydroxyl groups is 1. The van der Waals surface area contributed by atoms with E-state index in [9.17, 15) is 5.11 Å². The van der Waals surface area contributed by atoms with Crippen molar-refractivity contribution < 1.29 is 14.6 Å². The molecule has 1 aromatic rings. The van der Waals surface area contributed by atoms with Crippen LogP contribution in [0.4, 0.5) is 0 Å². The third kappa shape index (κ3) is 3.45. The second-order valence-electron chi connectivity index (χ2n) is 4.53. The lowest BCUT2D eigenvalue weighted by Crippen LogP contribution is -2.11. The Labute approximate surface area is 102 Å². The van der Waals surface area contributed by atoms with Crippen LogP contribution in [0.25, 0.3) is 0 Å². The van der Waals surface area contributed by atoms with Gasteiger partial charge in [-0.15, -0.1) is 0 Å². The molecule has 0 amide bonds. The Hall–Kier alpha value is -1.06. The van der Waals surface area contributed by atoms with Crippen molar-refractivity contribution in [2.75, 3.05) is 19.8 Å². The fourth-order valence-corrected chi connectivity index (χ4v) is 1.95. The maximum Gasteiger partial charge on any atom is 0.119 e. The van der Waals surface area contributed by atoms with Crippen LogP contribution in [0.2, 0.25) is 0 Å². The summed E-state index contributed by atoms with van der Waals surface area (Å²) in [5.74, 6) is 1.39. The number of benzene rings is 1. The summed E-state index contributed by atoms with van der Waals surface area (Å²) in [4.78, 5) is 0. The number of rotatable bonds is 5. The van der Waals surface area contributed by atoms with Crippen molar-refractivity contribution in [2.45, 2.75) is 25.9 Å². The highest BCUT2D eigenvalue weighted by atomic mass is 16.5.